The number of aryl methyl sites for hydroxylation is 1. The summed E-state index contributed by atoms with van der Waals surface area (Å²) in [5.74, 6) is 0. The van der Waals surface area contributed by atoms with Crippen molar-refractivity contribution >= 4 is 22.6 Å². The molecule has 0 fully saturated rings. The number of nitrogens with zero attached hydrogens (tertiary/aromatic N) is 1. The Labute approximate surface area is 141 Å². The number of hydrogen-bond acceptors (Lipinski definition) is 1. The number of para-hydroxylation sites is 1. The molecule has 2 aromatic carbocycles. The third kappa shape index (κ3) is 2.64. The second-order valence-electron chi connectivity index (χ2n) is 6.28. The number of amides is 2. The van der Waals surface area contributed by atoms with Gasteiger partial charge in [-0.25, -0.2) is 4.79 Å². The Morgan fingerprint density at radius 1 is 1.17 bits per heavy atom. The van der Waals surface area contributed by atoms with Crippen molar-refractivity contribution in [2.45, 2.75) is 26.3 Å². The zero-order valence-corrected chi connectivity index (χ0v) is 13.8. The number of carbonyl (C=O) groups is 1. The molecule has 1 aliphatic rings. The maximum atomic E-state index is 12.6. The van der Waals surface area contributed by atoms with Gasteiger partial charge < -0.3 is 15.2 Å². The zero-order valence-electron chi connectivity index (χ0n) is 13.8. The maximum Gasteiger partial charge on any atom is 0.322 e. The summed E-state index contributed by atoms with van der Waals surface area (Å²) in [6.07, 6.45) is 1.87. The number of aromatic amines is 1. The molecule has 0 saturated heterocycles. The normalized spacial score (nSPS) is 13.8. The Balaban J connectivity index is 1.52. The van der Waals surface area contributed by atoms with Gasteiger partial charge in [0.05, 0.1) is 0 Å². The molecule has 1 aliphatic heterocycles. The average Bonchev–Trinajstić information content (AvgIpc) is 3.00. The first kappa shape index (κ1) is 14.8. The van der Waals surface area contributed by atoms with E-state index in [2.05, 4.69) is 41.5 Å². The molecule has 0 aliphatic carbocycles. The Hall–Kier alpha value is -2.75. The van der Waals surface area contributed by atoms with Crippen LogP contribution < -0.4 is 5.32 Å². The van der Waals surface area contributed by atoms with E-state index in [1.54, 1.807) is 0 Å². The molecule has 0 saturated carbocycles. The lowest BCUT2D eigenvalue weighted by atomic mass is 10.0. The van der Waals surface area contributed by atoms with Gasteiger partial charge in [-0.3, -0.25) is 0 Å². The molecule has 24 heavy (non-hydrogen) atoms. The van der Waals surface area contributed by atoms with Crippen molar-refractivity contribution in [2.75, 3.05) is 11.9 Å². The van der Waals surface area contributed by atoms with E-state index in [4.69, 9.17) is 0 Å². The van der Waals surface area contributed by atoms with Crippen molar-refractivity contribution in [1.29, 1.82) is 0 Å². The van der Waals surface area contributed by atoms with E-state index in [1.165, 1.54) is 22.2 Å². The molecular weight excluding hydrogens is 298 g/mol. The molecule has 0 unspecified atom stereocenters. The van der Waals surface area contributed by atoms with E-state index < -0.39 is 0 Å². The van der Waals surface area contributed by atoms with Crippen molar-refractivity contribution in [3.63, 3.8) is 0 Å². The molecule has 4 rings (SSSR count). The van der Waals surface area contributed by atoms with Crippen LogP contribution in [0.5, 0.6) is 0 Å². The van der Waals surface area contributed by atoms with Crippen molar-refractivity contribution in [2.24, 2.45) is 0 Å². The van der Waals surface area contributed by atoms with Crippen molar-refractivity contribution in [3.8, 4) is 0 Å². The van der Waals surface area contributed by atoms with Crippen LogP contribution in [0.3, 0.4) is 0 Å². The van der Waals surface area contributed by atoms with Crippen LogP contribution in [0.1, 0.15) is 23.7 Å². The highest BCUT2D eigenvalue weighted by molar-refractivity contribution is 5.91. The Morgan fingerprint density at radius 2 is 1.96 bits per heavy atom. The summed E-state index contributed by atoms with van der Waals surface area (Å²) in [7, 11) is 0. The van der Waals surface area contributed by atoms with Crippen LogP contribution in [0.15, 0.2) is 48.5 Å². The van der Waals surface area contributed by atoms with Crippen LogP contribution in [-0.2, 0) is 19.4 Å². The average molecular weight is 319 g/mol. The topological polar surface area (TPSA) is 48.1 Å². The molecule has 4 nitrogen and oxygen atoms in total. The lowest BCUT2D eigenvalue weighted by Gasteiger charge is -2.27. The second kappa shape index (κ2) is 6.04. The van der Waals surface area contributed by atoms with Crippen LogP contribution in [-0.4, -0.2) is 22.5 Å². The number of fused-ring (bicyclic) bond motifs is 3. The minimum atomic E-state index is -0.0322. The number of urea groups is 1. The van der Waals surface area contributed by atoms with E-state index in [0.717, 1.165) is 30.6 Å². The van der Waals surface area contributed by atoms with Crippen molar-refractivity contribution in [3.05, 3.63) is 65.4 Å². The van der Waals surface area contributed by atoms with E-state index in [-0.39, 0.29) is 6.03 Å². The highest BCUT2D eigenvalue weighted by Crippen LogP contribution is 2.27. The number of rotatable bonds is 2. The molecule has 0 bridgehead atoms. The number of H-pyrrole nitrogens is 1. The zero-order chi connectivity index (χ0) is 16.5. The van der Waals surface area contributed by atoms with Gasteiger partial charge in [-0.2, -0.15) is 0 Å². The minimum absolute atomic E-state index is 0.0322. The first-order valence-electron chi connectivity index (χ1n) is 8.48. The summed E-state index contributed by atoms with van der Waals surface area (Å²) >= 11 is 0. The van der Waals surface area contributed by atoms with E-state index in [1.807, 2.05) is 29.2 Å². The smallest absolute Gasteiger partial charge is 0.322 e. The fourth-order valence-electron chi connectivity index (χ4n) is 3.37. The number of anilines is 1. The highest BCUT2D eigenvalue weighted by Gasteiger charge is 2.23. The summed E-state index contributed by atoms with van der Waals surface area (Å²) in [6.45, 7) is 3.51. The molecule has 3 aromatic rings. The van der Waals surface area contributed by atoms with Gasteiger partial charge >= 0.3 is 6.03 Å². The lowest BCUT2D eigenvalue weighted by molar-refractivity contribution is 0.206. The summed E-state index contributed by atoms with van der Waals surface area (Å²) in [4.78, 5) is 18.0. The van der Waals surface area contributed by atoms with Gasteiger partial charge in [0.2, 0.25) is 0 Å². The molecule has 0 spiro atoms. The van der Waals surface area contributed by atoms with Gasteiger partial charge in [-0.15, -0.1) is 0 Å². The SMILES string of the molecule is CCc1ccc(NC(=O)N2CCc3[nH]c4ccccc4c3C2)cc1. The standard InChI is InChI=1S/C20H21N3O/c1-2-14-7-9-15(10-8-14)21-20(24)23-12-11-19-17(13-23)16-5-3-4-6-18(16)22-19/h3-10,22H,2,11-13H2,1H3,(H,21,24). The molecule has 1 aromatic heterocycles. The van der Waals surface area contributed by atoms with Crippen LogP contribution in [0.2, 0.25) is 0 Å². The van der Waals surface area contributed by atoms with E-state index in [9.17, 15) is 4.79 Å². The second-order valence-corrected chi connectivity index (χ2v) is 6.28. The molecular formula is C20H21N3O. The number of nitrogens with one attached hydrogen (secondary N) is 2. The molecule has 0 atom stereocenters. The van der Waals surface area contributed by atoms with Gasteiger partial charge in [-0.1, -0.05) is 37.3 Å². The Kier molecular flexibility index (Phi) is 3.73. The minimum Gasteiger partial charge on any atom is -0.358 e. The third-order valence-corrected chi connectivity index (χ3v) is 4.78. The molecule has 122 valence electrons. The highest BCUT2D eigenvalue weighted by atomic mass is 16.2. The van der Waals surface area contributed by atoms with Crippen LogP contribution in [0, 0.1) is 0 Å². The number of hydrogen-bond donors (Lipinski definition) is 2. The molecule has 2 amide bonds. The Bertz CT molecular complexity index is 880. The monoisotopic (exact) mass is 319 g/mol. The van der Waals surface area contributed by atoms with Crippen LogP contribution >= 0.6 is 0 Å². The Morgan fingerprint density at radius 3 is 2.75 bits per heavy atom. The summed E-state index contributed by atoms with van der Waals surface area (Å²) < 4.78 is 0. The fraction of sp³-hybridized carbons (Fsp3) is 0.250. The van der Waals surface area contributed by atoms with Crippen LogP contribution in [0.4, 0.5) is 10.5 Å². The molecule has 2 N–H and O–H groups in total. The van der Waals surface area contributed by atoms with Gasteiger partial charge in [-0.05, 0) is 30.2 Å². The number of carbonyl (C=O) groups excluding carboxylic acids is 1. The lowest BCUT2D eigenvalue weighted by Crippen LogP contribution is -2.38. The van der Waals surface area contributed by atoms with E-state index in [0.29, 0.717) is 6.54 Å². The van der Waals surface area contributed by atoms with Gasteiger partial charge in [0.1, 0.15) is 0 Å². The quantitative estimate of drug-likeness (QED) is 0.726. The van der Waals surface area contributed by atoms with Gasteiger partial charge in [0.25, 0.3) is 0 Å². The fourth-order valence-corrected chi connectivity index (χ4v) is 3.37. The van der Waals surface area contributed by atoms with Crippen LogP contribution in [0.25, 0.3) is 10.9 Å². The molecule has 0 radical (unpaired) electrons. The summed E-state index contributed by atoms with van der Waals surface area (Å²) in [6, 6.07) is 16.3. The maximum absolute atomic E-state index is 12.6. The van der Waals surface area contributed by atoms with Gasteiger partial charge in [0.15, 0.2) is 0 Å². The molecule has 4 heteroatoms. The summed E-state index contributed by atoms with van der Waals surface area (Å²) in [5, 5.41) is 4.23. The largest absolute Gasteiger partial charge is 0.358 e. The predicted octanol–water partition coefficient (Wildman–Crippen LogP) is 4.32. The van der Waals surface area contributed by atoms with Crippen molar-refractivity contribution in [1.82, 2.24) is 9.88 Å². The number of benzene rings is 2. The number of aromatic nitrogens is 1. The van der Waals surface area contributed by atoms with Crippen molar-refractivity contribution < 1.29 is 4.79 Å². The molecule has 2 heterocycles. The predicted molar refractivity (Wildman–Crippen MR) is 97.3 cm³/mol. The van der Waals surface area contributed by atoms with Gasteiger partial charge in [0, 0.05) is 47.4 Å². The summed E-state index contributed by atoms with van der Waals surface area (Å²) in [5.41, 5.74) is 5.78. The first-order chi connectivity index (χ1) is 11.7. The first-order valence-corrected chi connectivity index (χ1v) is 8.48. The van der Waals surface area contributed by atoms with E-state index >= 15 is 0 Å². The third-order valence-electron chi connectivity index (χ3n) is 4.78.